The lowest BCUT2D eigenvalue weighted by molar-refractivity contribution is 0.183. The molecule has 0 aliphatic carbocycles. The van der Waals surface area contributed by atoms with Gasteiger partial charge in [0, 0.05) is 25.2 Å². The summed E-state index contributed by atoms with van der Waals surface area (Å²) >= 11 is 0. The van der Waals surface area contributed by atoms with E-state index in [0.717, 1.165) is 32.4 Å². The van der Waals surface area contributed by atoms with E-state index in [1.165, 1.54) is 5.56 Å². The molecular weight excluding hydrogens is 238 g/mol. The lowest BCUT2D eigenvalue weighted by Gasteiger charge is -2.33. The first-order chi connectivity index (χ1) is 9.15. The highest BCUT2D eigenvalue weighted by Gasteiger charge is 2.21. The van der Waals surface area contributed by atoms with Crippen LogP contribution in [0.5, 0.6) is 0 Å². The largest absolute Gasteiger partial charge is 0.351 e. The number of amides is 2. The Kier molecular flexibility index (Phi) is 4.80. The monoisotopic (exact) mass is 261 g/mol. The number of likely N-dealkylation sites (tertiary alicyclic amines) is 1. The van der Waals surface area contributed by atoms with Gasteiger partial charge in [0.1, 0.15) is 0 Å². The van der Waals surface area contributed by atoms with Crippen LogP contribution in [0.2, 0.25) is 0 Å². The molecule has 4 heteroatoms. The zero-order valence-corrected chi connectivity index (χ0v) is 11.5. The van der Waals surface area contributed by atoms with Crippen LogP contribution in [0.15, 0.2) is 30.3 Å². The van der Waals surface area contributed by atoms with Crippen LogP contribution in [0.4, 0.5) is 4.79 Å². The predicted octanol–water partition coefficient (Wildman–Crippen LogP) is 1.75. The van der Waals surface area contributed by atoms with Crippen molar-refractivity contribution < 1.29 is 4.79 Å². The number of piperidine rings is 1. The Labute approximate surface area is 115 Å². The number of carbonyl (C=O) groups is 1. The van der Waals surface area contributed by atoms with Gasteiger partial charge in [0.25, 0.3) is 0 Å². The lowest BCUT2D eigenvalue weighted by Crippen LogP contribution is -2.48. The zero-order chi connectivity index (χ0) is 13.7. The fraction of sp³-hybridized carbons (Fsp3) is 0.533. The van der Waals surface area contributed by atoms with Crippen LogP contribution in [-0.4, -0.2) is 36.1 Å². The Morgan fingerprint density at radius 3 is 2.58 bits per heavy atom. The van der Waals surface area contributed by atoms with Crippen LogP contribution in [-0.2, 0) is 6.42 Å². The molecule has 1 aromatic rings. The molecule has 1 aromatic carbocycles. The number of nitrogens with one attached hydrogen (secondary N) is 1. The number of hydrogen-bond donors (Lipinski definition) is 2. The second-order valence-corrected chi connectivity index (χ2v) is 5.36. The van der Waals surface area contributed by atoms with Gasteiger partial charge in [0.2, 0.25) is 0 Å². The SMILES string of the molecule is CC(Cc1ccccc1)NC1CCN(C(N)=O)CC1. The van der Waals surface area contributed by atoms with Crippen LogP contribution in [0, 0.1) is 0 Å². The van der Waals surface area contributed by atoms with Crippen LogP contribution in [0.25, 0.3) is 0 Å². The quantitative estimate of drug-likeness (QED) is 0.867. The highest BCUT2D eigenvalue weighted by atomic mass is 16.2. The highest BCUT2D eigenvalue weighted by molar-refractivity contribution is 5.72. The maximum atomic E-state index is 11.1. The van der Waals surface area contributed by atoms with Crippen molar-refractivity contribution in [2.75, 3.05) is 13.1 Å². The van der Waals surface area contributed by atoms with Crippen molar-refractivity contribution in [2.24, 2.45) is 5.73 Å². The van der Waals surface area contributed by atoms with Gasteiger partial charge in [-0.3, -0.25) is 0 Å². The number of benzene rings is 1. The zero-order valence-electron chi connectivity index (χ0n) is 11.5. The molecule has 1 heterocycles. The van der Waals surface area contributed by atoms with Crippen LogP contribution in [0.1, 0.15) is 25.3 Å². The van der Waals surface area contributed by atoms with Gasteiger partial charge in [-0.15, -0.1) is 0 Å². The average molecular weight is 261 g/mol. The molecule has 1 atom stereocenters. The molecule has 1 fully saturated rings. The summed E-state index contributed by atoms with van der Waals surface area (Å²) in [4.78, 5) is 12.8. The van der Waals surface area contributed by atoms with E-state index in [9.17, 15) is 4.79 Å². The normalized spacial score (nSPS) is 18.3. The van der Waals surface area contributed by atoms with Gasteiger partial charge in [0.15, 0.2) is 0 Å². The van der Waals surface area contributed by atoms with Gasteiger partial charge in [-0.2, -0.15) is 0 Å². The molecule has 2 amide bonds. The second kappa shape index (κ2) is 6.57. The number of rotatable bonds is 4. The number of hydrogen-bond acceptors (Lipinski definition) is 2. The van der Waals surface area contributed by atoms with Gasteiger partial charge in [-0.05, 0) is 31.7 Å². The van der Waals surface area contributed by atoms with Crippen molar-refractivity contribution in [3.8, 4) is 0 Å². The number of urea groups is 1. The molecule has 1 aliphatic heterocycles. The maximum Gasteiger partial charge on any atom is 0.314 e. The molecule has 19 heavy (non-hydrogen) atoms. The van der Waals surface area contributed by atoms with Crippen molar-refractivity contribution in [1.29, 1.82) is 0 Å². The number of nitrogens with two attached hydrogens (primary N) is 1. The maximum absolute atomic E-state index is 11.1. The molecule has 3 N–H and O–H groups in total. The molecule has 0 aromatic heterocycles. The summed E-state index contributed by atoms with van der Waals surface area (Å²) in [5.74, 6) is 0. The Bertz CT molecular complexity index is 399. The summed E-state index contributed by atoms with van der Waals surface area (Å²) < 4.78 is 0. The molecule has 1 saturated heterocycles. The van der Waals surface area contributed by atoms with E-state index in [4.69, 9.17) is 5.73 Å². The third-order valence-electron chi connectivity index (χ3n) is 3.71. The molecule has 0 bridgehead atoms. The smallest absolute Gasteiger partial charge is 0.314 e. The standard InChI is InChI=1S/C15H23N3O/c1-12(11-13-5-3-2-4-6-13)17-14-7-9-18(10-8-14)15(16)19/h2-6,12,14,17H,7-11H2,1H3,(H2,16,19). The highest BCUT2D eigenvalue weighted by Crippen LogP contribution is 2.12. The summed E-state index contributed by atoms with van der Waals surface area (Å²) in [6, 6.07) is 11.2. The number of primary amides is 1. The Hall–Kier alpha value is -1.55. The van der Waals surface area contributed by atoms with E-state index in [1.54, 1.807) is 4.90 Å². The molecule has 1 aliphatic rings. The molecule has 0 spiro atoms. The number of carbonyl (C=O) groups excluding carboxylic acids is 1. The Morgan fingerprint density at radius 1 is 1.37 bits per heavy atom. The lowest BCUT2D eigenvalue weighted by atomic mass is 10.0. The van der Waals surface area contributed by atoms with E-state index in [-0.39, 0.29) is 6.03 Å². The third-order valence-corrected chi connectivity index (χ3v) is 3.71. The fourth-order valence-corrected chi connectivity index (χ4v) is 2.70. The van der Waals surface area contributed by atoms with Crippen LogP contribution in [0.3, 0.4) is 0 Å². The van der Waals surface area contributed by atoms with Crippen LogP contribution >= 0.6 is 0 Å². The summed E-state index contributed by atoms with van der Waals surface area (Å²) in [6.45, 7) is 3.75. The van der Waals surface area contributed by atoms with E-state index < -0.39 is 0 Å². The summed E-state index contributed by atoms with van der Waals surface area (Å²) in [5.41, 5.74) is 6.64. The van der Waals surface area contributed by atoms with Crippen molar-refractivity contribution in [3.63, 3.8) is 0 Å². The third kappa shape index (κ3) is 4.24. The Balaban J connectivity index is 1.75. The van der Waals surface area contributed by atoms with E-state index >= 15 is 0 Å². The molecule has 1 unspecified atom stereocenters. The first kappa shape index (κ1) is 13.9. The minimum Gasteiger partial charge on any atom is -0.351 e. The molecular formula is C15H23N3O. The first-order valence-electron chi connectivity index (χ1n) is 6.99. The van der Waals surface area contributed by atoms with Gasteiger partial charge in [0.05, 0.1) is 0 Å². The molecule has 0 saturated carbocycles. The molecule has 2 rings (SSSR count). The first-order valence-corrected chi connectivity index (χ1v) is 6.99. The molecule has 104 valence electrons. The van der Waals surface area contributed by atoms with Crippen molar-refractivity contribution >= 4 is 6.03 Å². The van der Waals surface area contributed by atoms with Crippen molar-refractivity contribution in [3.05, 3.63) is 35.9 Å². The van der Waals surface area contributed by atoms with E-state index in [2.05, 4.69) is 36.5 Å². The summed E-state index contributed by atoms with van der Waals surface area (Å²) in [6.07, 6.45) is 3.01. The second-order valence-electron chi connectivity index (χ2n) is 5.36. The van der Waals surface area contributed by atoms with Crippen molar-refractivity contribution in [1.82, 2.24) is 10.2 Å². The topological polar surface area (TPSA) is 58.4 Å². The molecule has 4 nitrogen and oxygen atoms in total. The molecule has 0 radical (unpaired) electrons. The average Bonchev–Trinajstić information content (AvgIpc) is 2.40. The van der Waals surface area contributed by atoms with Gasteiger partial charge < -0.3 is 16.0 Å². The van der Waals surface area contributed by atoms with E-state index in [1.807, 2.05) is 6.07 Å². The number of nitrogens with zero attached hydrogens (tertiary/aromatic N) is 1. The summed E-state index contributed by atoms with van der Waals surface area (Å²) in [7, 11) is 0. The van der Waals surface area contributed by atoms with Gasteiger partial charge in [-0.1, -0.05) is 30.3 Å². The minimum atomic E-state index is -0.296. The van der Waals surface area contributed by atoms with Gasteiger partial charge in [-0.25, -0.2) is 4.79 Å². The van der Waals surface area contributed by atoms with E-state index in [0.29, 0.717) is 12.1 Å². The minimum absolute atomic E-state index is 0.296. The summed E-state index contributed by atoms with van der Waals surface area (Å²) in [5, 5.41) is 3.65. The fourth-order valence-electron chi connectivity index (χ4n) is 2.70. The predicted molar refractivity (Wildman–Crippen MR) is 76.9 cm³/mol. The Morgan fingerprint density at radius 2 is 2.00 bits per heavy atom. The van der Waals surface area contributed by atoms with Gasteiger partial charge >= 0.3 is 6.03 Å². The van der Waals surface area contributed by atoms with Crippen LogP contribution < -0.4 is 11.1 Å². The van der Waals surface area contributed by atoms with Crippen molar-refractivity contribution in [2.45, 2.75) is 38.3 Å².